The van der Waals surface area contributed by atoms with Crippen LogP contribution in [0, 0.1) is 6.92 Å². The molecule has 1 aromatic heterocycles. The van der Waals surface area contributed by atoms with Gasteiger partial charge in [-0.15, -0.1) is 0 Å². The topological polar surface area (TPSA) is 92.8 Å². The number of aromatic nitrogens is 1. The van der Waals surface area contributed by atoms with Crippen molar-refractivity contribution in [3.63, 3.8) is 0 Å². The molecule has 0 aliphatic carbocycles. The highest BCUT2D eigenvalue weighted by molar-refractivity contribution is 7.89. The van der Waals surface area contributed by atoms with Crippen molar-refractivity contribution in [2.75, 3.05) is 26.2 Å². The lowest BCUT2D eigenvalue weighted by Crippen LogP contribution is -2.50. The summed E-state index contributed by atoms with van der Waals surface area (Å²) in [6, 6.07) is 12.2. The van der Waals surface area contributed by atoms with Crippen molar-refractivity contribution in [3.8, 4) is 0 Å². The van der Waals surface area contributed by atoms with Crippen molar-refractivity contribution in [2.45, 2.75) is 18.2 Å². The second-order valence-electron chi connectivity index (χ2n) is 7.50. The molecule has 1 aliphatic heterocycles. The van der Waals surface area contributed by atoms with Gasteiger partial charge >= 0.3 is 5.76 Å². The van der Waals surface area contributed by atoms with Gasteiger partial charge in [-0.25, -0.2) is 13.2 Å². The molecule has 0 radical (unpaired) electrons. The van der Waals surface area contributed by atoms with Crippen molar-refractivity contribution < 1.29 is 17.6 Å². The summed E-state index contributed by atoms with van der Waals surface area (Å²) < 4.78 is 33.8. The van der Waals surface area contributed by atoms with E-state index in [1.54, 1.807) is 18.0 Å². The molecule has 0 N–H and O–H groups in total. The molecule has 2 heterocycles. The summed E-state index contributed by atoms with van der Waals surface area (Å²) in [5.41, 5.74) is 2.84. The van der Waals surface area contributed by atoms with E-state index in [0.717, 1.165) is 11.1 Å². The number of hydrogen-bond donors (Lipinski definition) is 0. The third-order valence-corrected chi connectivity index (χ3v) is 7.36. The summed E-state index contributed by atoms with van der Waals surface area (Å²) in [7, 11) is -2.18. The second kappa shape index (κ2) is 7.73. The first-order valence-electron chi connectivity index (χ1n) is 9.69. The van der Waals surface area contributed by atoms with Gasteiger partial charge in [0.25, 0.3) is 0 Å². The normalized spacial score (nSPS) is 15.6. The quantitative estimate of drug-likeness (QED) is 0.627. The Hall–Kier alpha value is -2.91. The van der Waals surface area contributed by atoms with Gasteiger partial charge in [0.2, 0.25) is 15.9 Å². The number of benzene rings is 2. The van der Waals surface area contributed by atoms with Crippen LogP contribution in [0.15, 0.2) is 56.6 Å². The van der Waals surface area contributed by atoms with E-state index in [1.165, 1.54) is 21.0 Å². The van der Waals surface area contributed by atoms with Crippen LogP contribution in [0.3, 0.4) is 0 Å². The Kier molecular flexibility index (Phi) is 5.25. The summed E-state index contributed by atoms with van der Waals surface area (Å²) in [5.74, 6) is -0.552. The predicted molar refractivity (Wildman–Crippen MR) is 112 cm³/mol. The molecule has 0 saturated carbocycles. The van der Waals surface area contributed by atoms with E-state index in [-0.39, 0.29) is 29.5 Å². The third-order valence-electron chi connectivity index (χ3n) is 5.47. The Bertz CT molecular complexity index is 1250. The molecule has 0 spiro atoms. The maximum atomic E-state index is 13.0. The molecule has 0 unspecified atom stereocenters. The summed E-state index contributed by atoms with van der Waals surface area (Å²) in [6.45, 7) is 3.12. The van der Waals surface area contributed by atoms with E-state index in [4.69, 9.17) is 4.42 Å². The molecule has 30 heavy (non-hydrogen) atoms. The van der Waals surface area contributed by atoms with Crippen molar-refractivity contribution in [2.24, 2.45) is 7.05 Å². The number of fused-ring (bicyclic) bond motifs is 1. The third kappa shape index (κ3) is 3.78. The number of carbonyl (C=O) groups excluding carboxylic acids is 1. The number of hydrogen-bond acceptors (Lipinski definition) is 5. The molecule has 1 aliphatic rings. The zero-order valence-electron chi connectivity index (χ0n) is 16.9. The first kappa shape index (κ1) is 20.4. The molecule has 0 atom stereocenters. The number of aryl methyl sites for hydroxylation is 2. The molecule has 9 heteroatoms. The van der Waals surface area contributed by atoms with Gasteiger partial charge in [-0.1, -0.05) is 29.8 Å². The minimum Gasteiger partial charge on any atom is -0.408 e. The molecular formula is C21H23N3O5S. The summed E-state index contributed by atoms with van der Waals surface area (Å²) in [6.07, 6.45) is 0.302. The monoisotopic (exact) mass is 429 g/mol. The molecular weight excluding hydrogens is 406 g/mol. The zero-order chi connectivity index (χ0) is 21.5. The summed E-state index contributed by atoms with van der Waals surface area (Å²) >= 11 is 0. The van der Waals surface area contributed by atoms with Crippen molar-refractivity contribution in [1.82, 2.24) is 13.8 Å². The van der Waals surface area contributed by atoms with Crippen LogP contribution in [0.1, 0.15) is 11.1 Å². The van der Waals surface area contributed by atoms with E-state index in [0.29, 0.717) is 25.0 Å². The van der Waals surface area contributed by atoms with E-state index in [9.17, 15) is 18.0 Å². The van der Waals surface area contributed by atoms with Gasteiger partial charge in [0.15, 0.2) is 5.58 Å². The molecule has 1 fully saturated rings. The van der Waals surface area contributed by atoms with Crippen LogP contribution in [-0.2, 0) is 28.3 Å². The number of sulfonamides is 1. The van der Waals surface area contributed by atoms with Gasteiger partial charge in [0, 0.05) is 39.3 Å². The van der Waals surface area contributed by atoms with Crippen molar-refractivity contribution in [3.05, 3.63) is 64.1 Å². The number of carbonyl (C=O) groups is 1. The fraction of sp³-hybridized carbons (Fsp3) is 0.333. The Morgan fingerprint density at radius 2 is 1.70 bits per heavy atom. The highest BCUT2D eigenvalue weighted by atomic mass is 32.2. The van der Waals surface area contributed by atoms with Crippen LogP contribution < -0.4 is 5.76 Å². The maximum Gasteiger partial charge on any atom is 0.419 e. The van der Waals surface area contributed by atoms with Crippen LogP contribution in [0.2, 0.25) is 0 Å². The SMILES string of the molecule is Cc1ccc(CC(=O)N2CCN(S(=O)(=O)c3ccc4c(c3)oc(=O)n4C)CC2)cc1. The Labute approximate surface area is 174 Å². The van der Waals surface area contributed by atoms with Crippen LogP contribution in [0.25, 0.3) is 11.1 Å². The molecule has 8 nitrogen and oxygen atoms in total. The lowest BCUT2D eigenvalue weighted by atomic mass is 10.1. The molecule has 3 aromatic rings. The fourth-order valence-corrected chi connectivity index (χ4v) is 5.03. The van der Waals surface area contributed by atoms with Crippen LogP contribution >= 0.6 is 0 Å². The van der Waals surface area contributed by atoms with Crippen molar-refractivity contribution >= 4 is 27.0 Å². The second-order valence-corrected chi connectivity index (χ2v) is 9.44. The number of piperazine rings is 1. The Morgan fingerprint density at radius 3 is 2.37 bits per heavy atom. The number of rotatable bonds is 4. The molecule has 4 rings (SSSR count). The minimum absolute atomic E-state index is 0.0108. The number of nitrogens with zero attached hydrogens (tertiary/aromatic N) is 3. The lowest BCUT2D eigenvalue weighted by Gasteiger charge is -2.34. The average molecular weight is 429 g/mol. The van der Waals surface area contributed by atoms with Crippen LogP contribution in [0.4, 0.5) is 0 Å². The first-order chi connectivity index (χ1) is 14.3. The summed E-state index contributed by atoms with van der Waals surface area (Å²) in [4.78, 5) is 26.0. The highest BCUT2D eigenvalue weighted by Gasteiger charge is 2.30. The van der Waals surface area contributed by atoms with E-state index < -0.39 is 15.8 Å². The number of amides is 1. The van der Waals surface area contributed by atoms with Gasteiger partial charge in [-0.2, -0.15) is 4.31 Å². The predicted octanol–water partition coefficient (Wildman–Crippen LogP) is 1.52. The zero-order valence-corrected chi connectivity index (χ0v) is 17.7. The van der Waals surface area contributed by atoms with Crippen LogP contribution in [0.5, 0.6) is 0 Å². The Morgan fingerprint density at radius 1 is 1.03 bits per heavy atom. The molecule has 0 bridgehead atoms. The van der Waals surface area contributed by atoms with E-state index in [2.05, 4.69) is 0 Å². The molecule has 1 saturated heterocycles. The lowest BCUT2D eigenvalue weighted by molar-refractivity contribution is -0.131. The molecule has 1 amide bonds. The first-order valence-corrected chi connectivity index (χ1v) is 11.1. The smallest absolute Gasteiger partial charge is 0.408 e. The number of oxazole rings is 1. The standard InChI is InChI=1S/C21H23N3O5S/c1-15-3-5-16(6-4-15)13-20(25)23-9-11-24(12-10-23)30(27,28)17-7-8-18-19(14-17)29-21(26)22(18)2/h3-8,14H,9-13H2,1-2H3. The average Bonchev–Trinajstić information content (AvgIpc) is 3.03. The highest BCUT2D eigenvalue weighted by Crippen LogP contribution is 2.22. The van der Waals surface area contributed by atoms with Gasteiger partial charge in [0.1, 0.15) is 0 Å². The van der Waals surface area contributed by atoms with Crippen molar-refractivity contribution in [1.29, 1.82) is 0 Å². The largest absolute Gasteiger partial charge is 0.419 e. The van der Waals surface area contributed by atoms with E-state index in [1.807, 2.05) is 31.2 Å². The van der Waals surface area contributed by atoms with Gasteiger partial charge in [-0.05, 0) is 24.6 Å². The van der Waals surface area contributed by atoms with Gasteiger partial charge in [-0.3, -0.25) is 9.36 Å². The van der Waals surface area contributed by atoms with Gasteiger partial charge in [0.05, 0.1) is 16.8 Å². The van der Waals surface area contributed by atoms with Crippen LogP contribution in [-0.4, -0.2) is 54.3 Å². The van der Waals surface area contributed by atoms with E-state index >= 15 is 0 Å². The maximum absolute atomic E-state index is 13.0. The Balaban J connectivity index is 1.44. The molecule has 2 aromatic carbocycles. The fourth-order valence-electron chi connectivity index (χ4n) is 3.59. The molecule has 158 valence electrons. The summed E-state index contributed by atoms with van der Waals surface area (Å²) in [5, 5.41) is 0. The minimum atomic E-state index is -3.75. The van der Waals surface area contributed by atoms with Gasteiger partial charge < -0.3 is 9.32 Å².